The first kappa shape index (κ1) is 9.31. The maximum atomic E-state index is 10.3. The molecule has 1 rings (SSSR count). The monoisotopic (exact) mass is 191 g/mol. The second-order valence-electron chi connectivity index (χ2n) is 2.23. The van der Waals surface area contributed by atoms with E-state index in [9.17, 15) is 4.79 Å². The number of hydrogen-bond acceptors (Lipinski definition) is 3. The molecule has 64 valence electrons. The summed E-state index contributed by atoms with van der Waals surface area (Å²) in [6.45, 7) is 0. The third kappa shape index (κ3) is 2.98. The summed E-state index contributed by atoms with van der Waals surface area (Å²) in [5.41, 5.74) is 0.697. The average Bonchev–Trinajstić information content (AvgIpc) is 2.48. The smallest absolute Gasteiger partial charge is 0.308 e. The van der Waals surface area contributed by atoms with Crippen molar-refractivity contribution >= 4 is 17.3 Å². The van der Waals surface area contributed by atoms with Gasteiger partial charge in [0.2, 0.25) is 0 Å². The molecule has 0 aliphatic carbocycles. The highest BCUT2D eigenvalue weighted by Gasteiger charge is 2.02. The molecular formula is C9H5NO2S. The molecule has 13 heavy (non-hydrogen) atoms. The Labute approximate surface area is 79.2 Å². The normalized spacial score (nSPS) is 8.23. The molecule has 0 aromatic carbocycles. The fourth-order valence-electron chi connectivity index (χ4n) is 0.788. The molecule has 1 heterocycles. The fourth-order valence-corrected chi connectivity index (χ4v) is 1.60. The van der Waals surface area contributed by atoms with Gasteiger partial charge in [-0.1, -0.05) is 0 Å². The van der Waals surface area contributed by atoms with E-state index in [0.717, 1.165) is 4.88 Å². The number of carbonyl (C=O) groups is 1. The van der Waals surface area contributed by atoms with Gasteiger partial charge in [0.15, 0.2) is 6.07 Å². The van der Waals surface area contributed by atoms with Crippen molar-refractivity contribution in [3.63, 3.8) is 0 Å². The molecule has 0 atom stereocenters. The van der Waals surface area contributed by atoms with Gasteiger partial charge in [-0.15, -0.1) is 11.3 Å². The van der Waals surface area contributed by atoms with Crippen LogP contribution in [0.25, 0.3) is 0 Å². The van der Waals surface area contributed by atoms with Crippen LogP contribution in [-0.2, 0) is 11.2 Å². The molecule has 0 radical (unpaired) electrons. The topological polar surface area (TPSA) is 61.1 Å². The SMILES string of the molecule is N#CC#Cc1csc(CC(=O)O)c1. The van der Waals surface area contributed by atoms with Crippen LogP contribution >= 0.6 is 11.3 Å². The first-order valence-corrected chi connectivity index (χ1v) is 4.29. The number of nitriles is 1. The Bertz CT molecular complexity index is 417. The van der Waals surface area contributed by atoms with E-state index in [2.05, 4.69) is 11.8 Å². The molecule has 3 nitrogen and oxygen atoms in total. The van der Waals surface area contributed by atoms with Crippen molar-refractivity contribution < 1.29 is 9.90 Å². The third-order valence-corrected chi connectivity index (χ3v) is 2.18. The number of thiophene rings is 1. The lowest BCUT2D eigenvalue weighted by Crippen LogP contribution is -1.97. The Morgan fingerprint density at radius 1 is 1.69 bits per heavy atom. The Morgan fingerprint density at radius 2 is 2.46 bits per heavy atom. The van der Waals surface area contributed by atoms with Crippen LogP contribution in [0.15, 0.2) is 11.4 Å². The van der Waals surface area contributed by atoms with Crippen molar-refractivity contribution in [1.29, 1.82) is 5.26 Å². The summed E-state index contributed by atoms with van der Waals surface area (Å²) < 4.78 is 0. The fraction of sp³-hybridized carbons (Fsp3) is 0.111. The lowest BCUT2D eigenvalue weighted by molar-refractivity contribution is -0.136. The van der Waals surface area contributed by atoms with Gasteiger partial charge in [-0.2, -0.15) is 5.26 Å². The molecule has 1 aromatic heterocycles. The number of carboxylic acids is 1. The van der Waals surface area contributed by atoms with Gasteiger partial charge >= 0.3 is 5.97 Å². The van der Waals surface area contributed by atoms with Crippen LogP contribution in [0.5, 0.6) is 0 Å². The summed E-state index contributed by atoms with van der Waals surface area (Å²) in [7, 11) is 0. The quantitative estimate of drug-likeness (QED) is 0.715. The molecule has 0 bridgehead atoms. The van der Waals surface area contributed by atoms with E-state index in [0.29, 0.717) is 5.56 Å². The third-order valence-electron chi connectivity index (χ3n) is 1.24. The molecule has 0 fully saturated rings. The predicted molar refractivity (Wildman–Crippen MR) is 48.1 cm³/mol. The lowest BCUT2D eigenvalue weighted by atomic mass is 10.3. The van der Waals surface area contributed by atoms with Crippen LogP contribution in [0, 0.1) is 23.2 Å². The van der Waals surface area contributed by atoms with E-state index in [1.807, 2.05) is 0 Å². The second kappa shape index (κ2) is 4.30. The van der Waals surface area contributed by atoms with Crippen LogP contribution in [0.1, 0.15) is 10.4 Å². The molecule has 0 saturated carbocycles. The van der Waals surface area contributed by atoms with E-state index in [-0.39, 0.29) is 6.42 Å². The molecule has 0 saturated heterocycles. The van der Waals surface area contributed by atoms with Crippen molar-refractivity contribution in [3.8, 4) is 17.9 Å². The minimum Gasteiger partial charge on any atom is -0.481 e. The van der Waals surface area contributed by atoms with Gasteiger partial charge in [-0.3, -0.25) is 4.79 Å². The number of aliphatic carboxylic acids is 1. The van der Waals surface area contributed by atoms with Gasteiger partial charge in [-0.25, -0.2) is 0 Å². The summed E-state index contributed by atoms with van der Waals surface area (Å²) >= 11 is 1.34. The zero-order chi connectivity index (χ0) is 9.68. The maximum Gasteiger partial charge on any atom is 0.308 e. The molecule has 0 aliphatic rings. The van der Waals surface area contributed by atoms with Crippen molar-refractivity contribution in [2.45, 2.75) is 6.42 Å². The highest BCUT2D eigenvalue weighted by Crippen LogP contribution is 2.14. The molecular weight excluding hydrogens is 186 g/mol. The standard InChI is InChI=1S/C9H5NO2S/c10-3-1-2-7-4-8(13-6-7)5-9(11)12/h4,6H,5H2,(H,11,12). The van der Waals surface area contributed by atoms with Gasteiger partial charge in [-0.05, 0) is 12.0 Å². The van der Waals surface area contributed by atoms with Crippen molar-refractivity contribution in [3.05, 3.63) is 21.9 Å². The van der Waals surface area contributed by atoms with Crippen molar-refractivity contribution in [1.82, 2.24) is 0 Å². The Morgan fingerprint density at radius 3 is 3.08 bits per heavy atom. The van der Waals surface area contributed by atoms with Crippen LogP contribution in [0.2, 0.25) is 0 Å². The Balaban J connectivity index is 2.76. The summed E-state index contributed by atoms with van der Waals surface area (Å²) in [5, 5.41) is 18.4. The van der Waals surface area contributed by atoms with E-state index in [1.165, 1.54) is 11.3 Å². The largest absolute Gasteiger partial charge is 0.481 e. The molecule has 0 spiro atoms. The number of hydrogen-bond donors (Lipinski definition) is 1. The first-order chi connectivity index (χ1) is 6.22. The van der Waals surface area contributed by atoms with Gasteiger partial charge in [0.05, 0.1) is 6.42 Å². The minimum absolute atomic E-state index is 0.0128. The van der Waals surface area contributed by atoms with Crippen LogP contribution < -0.4 is 0 Å². The maximum absolute atomic E-state index is 10.3. The summed E-state index contributed by atoms with van der Waals surface area (Å²) in [4.78, 5) is 11.1. The van der Waals surface area contributed by atoms with Gasteiger partial charge in [0.1, 0.15) is 0 Å². The predicted octanol–water partition coefficient (Wildman–Crippen LogP) is 1.25. The Kier molecular flexibility index (Phi) is 3.08. The van der Waals surface area contributed by atoms with E-state index < -0.39 is 5.97 Å². The van der Waals surface area contributed by atoms with Gasteiger partial charge < -0.3 is 5.11 Å². The molecule has 1 N–H and O–H groups in total. The zero-order valence-corrected chi connectivity index (χ0v) is 7.39. The van der Waals surface area contributed by atoms with Crippen LogP contribution in [-0.4, -0.2) is 11.1 Å². The zero-order valence-electron chi connectivity index (χ0n) is 6.57. The molecule has 4 heteroatoms. The van der Waals surface area contributed by atoms with Gasteiger partial charge in [0, 0.05) is 21.7 Å². The number of rotatable bonds is 2. The van der Waals surface area contributed by atoms with E-state index >= 15 is 0 Å². The number of carboxylic acid groups (broad SMARTS) is 1. The van der Waals surface area contributed by atoms with Crippen LogP contribution in [0.4, 0.5) is 0 Å². The highest BCUT2D eigenvalue weighted by atomic mass is 32.1. The minimum atomic E-state index is -0.860. The van der Waals surface area contributed by atoms with Crippen LogP contribution in [0.3, 0.4) is 0 Å². The van der Waals surface area contributed by atoms with E-state index in [4.69, 9.17) is 10.4 Å². The highest BCUT2D eigenvalue weighted by molar-refractivity contribution is 7.10. The van der Waals surface area contributed by atoms with Gasteiger partial charge in [0.25, 0.3) is 0 Å². The lowest BCUT2D eigenvalue weighted by Gasteiger charge is -1.85. The van der Waals surface area contributed by atoms with E-state index in [1.54, 1.807) is 17.5 Å². The summed E-state index contributed by atoms with van der Waals surface area (Å²) in [5.74, 6) is 3.98. The second-order valence-corrected chi connectivity index (χ2v) is 3.23. The molecule has 0 amide bonds. The summed E-state index contributed by atoms with van der Waals surface area (Å²) in [6, 6.07) is 3.38. The molecule has 1 aromatic rings. The molecule has 0 aliphatic heterocycles. The van der Waals surface area contributed by atoms with Crippen molar-refractivity contribution in [2.24, 2.45) is 0 Å². The van der Waals surface area contributed by atoms with Crippen molar-refractivity contribution in [2.75, 3.05) is 0 Å². The average molecular weight is 191 g/mol. The Hall–Kier alpha value is -1.78. The summed E-state index contributed by atoms with van der Waals surface area (Å²) in [6.07, 6.45) is 0.0128. The number of nitrogens with zero attached hydrogens (tertiary/aromatic N) is 1. The first-order valence-electron chi connectivity index (χ1n) is 3.41. The molecule has 0 unspecified atom stereocenters.